The Morgan fingerprint density at radius 2 is 1.90 bits per heavy atom. The smallest absolute Gasteiger partial charge is 0.223 e. The van der Waals surface area contributed by atoms with Crippen LogP contribution in [0.25, 0.3) is 0 Å². The van der Waals surface area contributed by atoms with Gasteiger partial charge >= 0.3 is 0 Å². The van der Waals surface area contributed by atoms with Crippen LogP contribution in [0.4, 0.5) is 0 Å². The molecular formula is C17H20N2O2. The largest absolute Gasteiger partial charge is 0.439 e. The predicted molar refractivity (Wildman–Crippen MR) is 81.2 cm³/mol. The summed E-state index contributed by atoms with van der Waals surface area (Å²) in [7, 11) is 0. The molecule has 4 heteroatoms. The van der Waals surface area contributed by atoms with E-state index < -0.39 is 0 Å². The van der Waals surface area contributed by atoms with E-state index in [2.05, 4.69) is 11.1 Å². The Hall–Kier alpha value is -1.91. The summed E-state index contributed by atoms with van der Waals surface area (Å²) < 4.78 is 5.89. The number of aromatic nitrogens is 1. The van der Waals surface area contributed by atoms with E-state index in [1.54, 1.807) is 0 Å². The highest BCUT2D eigenvalue weighted by atomic mass is 16.5. The number of fused-ring (bicyclic) bond motifs is 1. The zero-order chi connectivity index (χ0) is 14.7. The van der Waals surface area contributed by atoms with Crippen molar-refractivity contribution >= 4 is 0 Å². The van der Waals surface area contributed by atoms with Gasteiger partial charge in [0, 0.05) is 17.8 Å². The second-order valence-corrected chi connectivity index (χ2v) is 5.37. The van der Waals surface area contributed by atoms with Crippen LogP contribution in [-0.2, 0) is 26.0 Å². The monoisotopic (exact) mass is 284 g/mol. The quantitative estimate of drug-likeness (QED) is 0.905. The van der Waals surface area contributed by atoms with E-state index in [0.29, 0.717) is 18.2 Å². The fourth-order valence-corrected chi connectivity index (χ4v) is 2.67. The lowest BCUT2D eigenvalue weighted by Gasteiger charge is -2.18. The number of nitrogens with two attached hydrogens (primary N) is 1. The summed E-state index contributed by atoms with van der Waals surface area (Å²) in [4.78, 5) is 4.67. The molecule has 1 heterocycles. The zero-order valence-electron chi connectivity index (χ0n) is 12.0. The zero-order valence-corrected chi connectivity index (χ0v) is 12.0. The van der Waals surface area contributed by atoms with Crippen molar-refractivity contribution in [1.29, 1.82) is 0 Å². The van der Waals surface area contributed by atoms with Gasteiger partial charge in [-0.1, -0.05) is 12.1 Å². The number of hydrogen-bond acceptors (Lipinski definition) is 4. The minimum Gasteiger partial charge on any atom is -0.439 e. The number of hydrogen-bond donors (Lipinski definition) is 2. The summed E-state index contributed by atoms with van der Waals surface area (Å²) in [6.45, 7) is 0.454. The third-order valence-electron chi connectivity index (χ3n) is 3.88. The molecule has 1 aromatic heterocycles. The molecule has 0 spiro atoms. The number of aliphatic hydroxyl groups is 1. The highest BCUT2D eigenvalue weighted by molar-refractivity contribution is 5.39. The summed E-state index contributed by atoms with van der Waals surface area (Å²) >= 11 is 0. The van der Waals surface area contributed by atoms with Crippen LogP contribution in [0.5, 0.6) is 11.6 Å². The van der Waals surface area contributed by atoms with Gasteiger partial charge in [-0.2, -0.15) is 0 Å². The molecular weight excluding hydrogens is 264 g/mol. The lowest BCUT2D eigenvalue weighted by Crippen LogP contribution is -2.10. The molecule has 0 unspecified atom stereocenters. The number of ether oxygens (including phenoxy) is 1. The third-order valence-corrected chi connectivity index (χ3v) is 3.88. The number of nitrogens with zero attached hydrogens (tertiary/aromatic N) is 1. The maximum atomic E-state index is 9.06. The van der Waals surface area contributed by atoms with Gasteiger partial charge < -0.3 is 15.6 Å². The standard InChI is InChI=1S/C17H20N2O2/c18-10-14-9-13-3-1-2-4-16(13)19-17(14)21-15-7-5-12(11-20)6-8-15/h5-9,20H,1-4,10-11,18H2. The highest BCUT2D eigenvalue weighted by Crippen LogP contribution is 2.29. The molecule has 0 atom stereocenters. The number of pyridine rings is 1. The molecule has 1 aliphatic carbocycles. The minimum atomic E-state index is 0.0332. The molecule has 0 fully saturated rings. The maximum absolute atomic E-state index is 9.06. The van der Waals surface area contributed by atoms with Gasteiger partial charge in [0.15, 0.2) is 0 Å². The van der Waals surface area contributed by atoms with E-state index >= 15 is 0 Å². The van der Waals surface area contributed by atoms with E-state index in [-0.39, 0.29) is 6.61 Å². The first-order valence-corrected chi connectivity index (χ1v) is 7.39. The molecule has 110 valence electrons. The van der Waals surface area contributed by atoms with Gasteiger partial charge in [-0.15, -0.1) is 0 Å². The van der Waals surface area contributed by atoms with E-state index in [9.17, 15) is 0 Å². The van der Waals surface area contributed by atoms with Crippen LogP contribution in [0.1, 0.15) is 35.2 Å². The molecule has 0 aliphatic heterocycles. The van der Waals surface area contributed by atoms with E-state index in [4.69, 9.17) is 15.6 Å². The molecule has 0 bridgehead atoms. The van der Waals surface area contributed by atoms with Gasteiger partial charge in [0.25, 0.3) is 0 Å². The van der Waals surface area contributed by atoms with Gasteiger partial charge in [0.2, 0.25) is 5.88 Å². The number of rotatable bonds is 4. The van der Waals surface area contributed by atoms with Crippen molar-refractivity contribution in [3.8, 4) is 11.6 Å². The van der Waals surface area contributed by atoms with Crippen molar-refractivity contribution < 1.29 is 9.84 Å². The summed E-state index contributed by atoms with van der Waals surface area (Å²) in [5.41, 5.74) is 10.1. The maximum Gasteiger partial charge on any atom is 0.223 e. The lowest BCUT2D eigenvalue weighted by atomic mass is 9.95. The molecule has 1 aliphatic rings. The first-order valence-electron chi connectivity index (χ1n) is 7.39. The lowest BCUT2D eigenvalue weighted by molar-refractivity contribution is 0.281. The van der Waals surface area contributed by atoms with Gasteiger partial charge in [-0.25, -0.2) is 4.98 Å². The fourth-order valence-electron chi connectivity index (χ4n) is 2.67. The van der Waals surface area contributed by atoms with Crippen LogP contribution in [0.2, 0.25) is 0 Å². The van der Waals surface area contributed by atoms with Crippen LogP contribution < -0.4 is 10.5 Å². The van der Waals surface area contributed by atoms with Crippen molar-refractivity contribution in [3.63, 3.8) is 0 Å². The van der Waals surface area contributed by atoms with Crippen LogP contribution in [0.15, 0.2) is 30.3 Å². The molecule has 3 rings (SSSR count). The van der Waals surface area contributed by atoms with E-state index in [1.807, 2.05) is 24.3 Å². The van der Waals surface area contributed by atoms with Crippen molar-refractivity contribution in [2.24, 2.45) is 5.73 Å². The normalized spacial score (nSPS) is 13.8. The summed E-state index contributed by atoms with van der Waals surface area (Å²) in [6, 6.07) is 9.50. The Bertz CT molecular complexity index is 623. The average Bonchev–Trinajstić information content (AvgIpc) is 2.55. The van der Waals surface area contributed by atoms with Crippen LogP contribution in [0.3, 0.4) is 0 Å². The first-order chi connectivity index (χ1) is 10.3. The second kappa shape index (κ2) is 6.24. The molecule has 1 aromatic carbocycles. The predicted octanol–water partition coefficient (Wildman–Crippen LogP) is 2.70. The topological polar surface area (TPSA) is 68.4 Å². The van der Waals surface area contributed by atoms with E-state index in [1.165, 1.54) is 18.4 Å². The molecule has 0 saturated heterocycles. The highest BCUT2D eigenvalue weighted by Gasteiger charge is 2.15. The molecule has 0 amide bonds. The van der Waals surface area contributed by atoms with Gasteiger partial charge in [0.1, 0.15) is 5.75 Å². The van der Waals surface area contributed by atoms with Crippen LogP contribution in [0, 0.1) is 0 Å². The molecule has 3 N–H and O–H groups in total. The Labute approximate surface area is 124 Å². The molecule has 2 aromatic rings. The van der Waals surface area contributed by atoms with Crippen molar-refractivity contribution in [3.05, 3.63) is 52.7 Å². The number of benzene rings is 1. The number of aliphatic hydroxyl groups excluding tert-OH is 1. The first kappa shape index (κ1) is 14.0. The number of aryl methyl sites for hydroxylation is 2. The van der Waals surface area contributed by atoms with Gasteiger partial charge in [-0.3, -0.25) is 0 Å². The summed E-state index contributed by atoms with van der Waals surface area (Å²) in [6.07, 6.45) is 4.51. The van der Waals surface area contributed by atoms with Gasteiger partial charge in [-0.05, 0) is 55.0 Å². The minimum absolute atomic E-state index is 0.0332. The summed E-state index contributed by atoms with van der Waals surface area (Å²) in [5.74, 6) is 1.32. The van der Waals surface area contributed by atoms with Gasteiger partial charge in [0.05, 0.1) is 6.61 Å². The van der Waals surface area contributed by atoms with Crippen molar-refractivity contribution in [2.45, 2.75) is 38.8 Å². The van der Waals surface area contributed by atoms with Crippen LogP contribution >= 0.6 is 0 Å². The Balaban J connectivity index is 1.89. The average molecular weight is 284 g/mol. The SMILES string of the molecule is NCc1cc2c(nc1Oc1ccc(CO)cc1)CCCC2. The van der Waals surface area contributed by atoms with E-state index in [0.717, 1.165) is 29.7 Å². The molecule has 4 nitrogen and oxygen atoms in total. The van der Waals surface area contributed by atoms with Crippen molar-refractivity contribution in [1.82, 2.24) is 4.98 Å². The third kappa shape index (κ3) is 3.06. The fraction of sp³-hybridized carbons (Fsp3) is 0.353. The Kier molecular flexibility index (Phi) is 4.18. The molecule has 21 heavy (non-hydrogen) atoms. The Morgan fingerprint density at radius 1 is 1.14 bits per heavy atom. The second-order valence-electron chi connectivity index (χ2n) is 5.37. The Morgan fingerprint density at radius 3 is 2.62 bits per heavy atom. The summed E-state index contributed by atoms with van der Waals surface area (Å²) in [5, 5.41) is 9.06. The van der Waals surface area contributed by atoms with Crippen LogP contribution in [-0.4, -0.2) is 10.1 Å². The van der Waals surface area contributed by atoms with Crippen molar-refractivity contribution in [2.75, 3.05) is 0 Å². The molecule has 0 radical (unpaired) electrons. The molecule has 0 saturated carbocycles.